The van der Waals surface area contributed by atoms with Gasteiger partial charge >= 0.3 is 0 Å². The Morgan fingerprint density at radius 3 is 2.54 bits per heavy atom. The Balaban J connectivity index is 1.49. The lowest BCUT2D eigenvalue weighted by Crippen LogP contribution is -2.14. The summed E-state index contributed by atoms with van der Waals surface area (Å²) in [4.78, 5) is 12.7. The maximum atomic E-state index is 14.3. The highest BCUT2D eigenvalue weighted by Crippen LogP contribution is 2.46. The number of nitrogens with one attached hydrogen (secondary N) is 2. The van der Waals surface area contributed by atoms with Crippen molar-refractivity contribution in [1.82, 2.24) is 15.0 Å². The molecule has 2 aromatic heterocycles. The zero-order valence-corrected chi connectivity index (χ0v) is 14.8. The van der Waals surface area contributed by atoms with Crippen LogP contribution in [0.2, 0.25) is 0 Å². The number of anilines is 3. The molecular weight excluding hydrogens is 364 g/mol. The minimum atomic E-state index is -0.461. The Morgan fingerprint density at radius 2 is 1.75 bits per heavy atom. The molecule has 0 bridgehead atoms. The monoisotopic (exact) mass is 381 g/mol. The van der Waals surface area contributed by atoms with E-state index in [0.29, 0.717) is 40.8 Å². The van der Waals surface area contributed by atoms with Gasteiger partial charge in [0.1, 0.15) is 23.3 Å². The Hall–Kier alpha value is -3.13. The minimum Gasteiger partial charge on any atom is -0.381 e. The number of aromatic nitrogens is 3. The molecule has 1 aliphatic heterocycles. The van der Waals surface area contributed by atoms with E-state index in [4.69, 9.17) is 4.74 Å². The molecule has 5 rings (SSSR count). The van der Waals surface area contributed by atoms with Crippen LogP contribution in [0.15, 0.2) is 48.8 Å². The first-order valence-electron chi connectivity index (χ1n) is 9.03. The summed E-state index contributed by atoms with van der Waals surface area (Å²) in [5.41, 5.74) is 0.742. The van der Waals surface area contributed by atoms with E-state index in [0.717, 1.165) is 19.4 Å². The molecule has 1 aromatic carbocycles. The predicted octanol–water partition coefficient (Wildman–Crippen LogP) is 3.62. The molecule has 0 radical (unpaired) electrons. The largest absolute Gasteiger partial charge is 0.381 e. The van der Waals surface area contributed by atoms with Gasteiger partial charge in [-0.1, -0.05) is 12.1 Å². The van der Waals surface area contributed by atoms with E-state index in [1.165, 1.54) is 18.3 Å². The summed E-state index contributed by atoms with van der Waals surface area (Å²) in [5, 5.41) is 6.42. The van der Waals surface area contributed by atoms with Gasteiger partial charge in [0, 0.05) is 30.0 Å². The van der Waals surface area contributed by atoms with E-state index in [-0.39, 0.29) is 5.82 Å². The Bertz CT molecular complexity index is 1020. The molecule has 0 spiro atoms. The van der Waals surface area contributed by atoms with Crippen LogP contribution in [-0.4, -0.2) is 34.2 Å². The van der Waals surface area contributed by atoms with E-state index < -0.39 is 11.6 Å². The summed E-state index contributed by atoms with van der Waals surface area (Å²) >= 11 is 0. The van der Waals surface area contributed by atoms with E-state index in [9.17, 15) is 8.78 Å². The minimum absolute atomic E-state index is 0.247. The van der Waals surface area contributed by atoms with Crippen LogP contribution in [0.4, 0.5) is 26.1 Å². The number of halogens is 2. The van der Waals surface area contributed by atoms with Crippen molar-refractivity contribution < 1.29 is 13.5 Å². The quantitative estimate of drug-likeness (QED) is 0.703. The van der Waals surface area contributed by atoms with Crippen LogP contribution < -0.4 is 10.6 Å². The molecule has 3 heterocycles. The summed E-state index contributed by atoms with van der Waals surface area (Å²) in [6, 6.07) is 9.67. The molecule has 3 aromatic rings. The second kappa shape index (κ2) is 6.79. The molecule has 1 saturated heterocycles. The van der Waals surface area contributed by atoms with Crippen molar-refractivity contribution in [1.29, 1.82) is 0 Å². The number of fused-ring (bicyclic) bond motifs is 1. The summed E-state index contributed by atoms with van der Waals surface area (Å²) in [7, 11) is 0. The van der Waals surface area contributed by atoms with Crippen LogP contribution in [-0.2, 0) is 4.74 Å². The predicted molar refractivity (Wildman–Crippen MR) is 100 cm³/mol. The molecule has 3 atom stereocenters. The van der Waals surface area contributed by atoms with Gasteiger partial charge in [0.2, 0.25) is 0 Å². The molecule has 1 unspecified atom stereocenters. The number of nitrogens with zero attached hydrogens (tertiary/aromatic N) is 3. The van der Waals surface area contributed by atoms with E-state index in [1.807, 2.05) is 0 Å². The summed E-state index contributed by atoms with van der Waals surface area (Å²) in [6.45, 7) is 1.49. The number of hydrogen-bond donors (Lipinski definition) is 2. The zero-order valence-electron chi connectivity index (χ0n) is 14.8. The lowest BCUT2D eigenvalue weighted by atomic mass is 10.2. The third kappa shape index (κ3) is 3.27. The zero-order chi connectivity index (χ0) is 19.1. The molecule has 8 heteroatoms. The average molecular weight is 381 g/mol. The molecule has 142 valence electrons. The van der Waals surface area contributed by atoms with Gasteiger partial charge in [-0.05, 0) is 12.1 Å². The highest BCUT2D eigenvalue weighted by atomic mass is 19.1. The van der Waals surface area contributed by atoms with Gasteiger partial charge in [0.25, 0.3) is 0 Å². The van der Waals surface area contributed by atoms with Gasteiger partial charge < -0.3 is 15.4 Å². The highest BCUT2D eigenvalue weighted by Gasteiger charge is 2.54. The second-order valence-corrected chi connectivity index (χ2v) is 6.99. The number of ether oxygens (including phenoxy) is 1. The van der Waals surface area contributed by atoms with Crippen molar-refractivity contribution in [2.75, 3.05) is 23.8 Å². The third-order valence-electron chi connectivity index (χ3n) is 5.08. The van der Waals surface area contributed by atoms with Gasteiger partial charge in [-0.15, -0.1) is 0 Å². The van der Waals surface area contributed by atoms with Gasteiger partial charge in [0.05, 0.1) is 36.9 Å². The fourth-order valence-corrected chi connectivity index (χ4v) is 3.60. The van der Waals surface area contributed by atoms with Crippen LogP contribution in [0.25, 0.3) is 11.4 Å². The Kier molecular flexibility index (Phi) is 4.12. The molecule has 0 amide bonds. The van der Waals surface area contributed by atoms with Crippen molar-refractivity contribution >= 4 is 17.3 Å². The molecule has 28 heavy (non-hydrogen) atoms. The smallest absolute Gasteiger partial charge is 0.166 e. The molecule has 6 nitrogen and oxygen atoms in total. The van der Waals surface area contributed by atoms with Crippen molar-refractivity contribution in [3.8, 4) is 11.4 Å². The summed E-state index contributed by atoms with van der Waals surface area (Å²) < 4.78 is 33.2. The van der Waals surface area contributed by atoms with Crippen LogP contribution in [0, 0.1) is 23.5 Å². The Labute approximate surface area is 160 Å². The molecule has 1 aliphatic carbocycles. The molecule has 1 saturated carbocycles. The lowest BCUT2D eigenvalue weighted by Gasteiger charge is -2.13. The highest BCUT2D eigenvalue weighted by molar-refractivity contribution is 5.65. The van der Waals surface area contributed by atoms with E-state index in [1.54, 1.807) is 24.3 Å². The van der Waals surface area contributed by atoms with Crippen molar-refractivity contribution in [3.63, 3.8) is 0 Å². The number of rotatable bonds is 5. The fraction of sp³-hybridized carbons (Fsp3) is 0.250. The van der Waals surface area contributed by atoms with E-state index in [2.05, 4.69) is 25.6 Å². The average Bonchev–Trinajstić information content (AvgIpc) is 3.10. The fourth-order valence-electron chi connectivity index (χ4n) is 3.60. The normalized spacial score (nSPS) is 22.6. The lowest BCUT2D eigenvalue weighted by molar-refractivity contribution is 0.162. The van der Waals surface area contributed by atoms with Crippen LogP contribution in [0.1, 0.15) is 0 Å². The van der Waals surface area contributed by atoms with Gasteiger partial charge in [0.15, 0.2) is 5.82 Å². The maximum absolute atomic E-state index is 14.3. The summed E-state index contributed by atoms with van der Waals surface area (Å²) in [6.07, 6.45) is 2.61. The first-order valence-corrected chi connectivity index (χ1v) is 9.03. The Morgan fingerprint density at radius 1 is 0.964 bits per heavy atom. The molecular formula is C20H17F2N5O. The van der Waals surface area contributed by atoms with Crippen LogP contribution in [0.5, 0.6) is 0 Å². The second-order valence-electron chi connectivity index (χ2n) is 6.99. The van der Waals surface area contributed by atoms with Crippen molar-refractivity contribution in [2.24, 2.45) is 11.8 Å². The van der Waals surface area contributed by atoms with Crippen LogP contribution in [0.3, 0.4) is 0 Å². The van der Waals surface area contributed by atoms with Crippen LogP contribution >= 0.6 is 0 Å². The van der Waals surface area contributed by atoms with Gasteiger partial charge in [-0.25, -0.2) is 18.7 Å². The summed E-state index contributed by atoms with van der Waals surface area (Å²) in [5.74, 6) is 1.35. The van der Waals surface area contributed by atoms with Gasteiger partial charge in [-0.2, -0.15) is 0 Å². The molecule has 2 N–H and O–H groups in total. The molecule has 2 aliphatic rings. The SMILES string of the molecule is Fc1cncc(Nc2cc(NC3[C@H]4COC[C@@H]34)nc(-c3ccccc3F)n2)c1. The first-order chi connectivity index (χ1) is 13.7. The number of benzene rings is 1. The van der Waals surface area contributed by atoms with E-state index >= 15 is 0 Å². The van der Waals surface area contributed by atoms with Gasteiger partial charge in [-0.3, -0.25) is 4.98 Å². The topological polar surface area (TPSA) is 72.0 Å². The third-order valence-corrected chi connectivity index (χ3v) is 5.08. The van der Waals surface area contributed by atoms with Crippen molar-refractivity contribution in [2.45, 2.75) is 6.04 Å². The standard InChI is InChI=1S/C20H17F2N5O/c21-11-5-12(8-23-7-11)24-17-6-18(25-19-14-9-28-10-15(14)19)27-20(26-17)13-3-1-2-4-16(13)22/h1-8,14-15,19H,9-10H2,(H2,24,25,26,27)/t14-,15+,19?. The number of pyridine rings is 1. The molecule has 2 fully saturated rings. The number of hydrogen-bond acceptors (Lipinski definition) is 6. The van der Waals surface area contributed by atoms with Crippen molar-refractivity contribution in [3.05, 3.63) is 60.4 Å². The first kappa shape index (κ1) is 17.0. The maximum Gasteiger partial charge on any atom is 0.166 e.